The number of nitrogens with one attached hydrogen (secondary N) is 1. The van der Waals surface area contributed by atoms with Crippen molar-refractivity contribution < 1.29 is 17.2 Å². The van der Waals surface area contributed by atoms with Crippen LogP contribution in [0.25, 0.3) is 0 Å². The quantitative estimate of drug-likeness (QED) is 0.940. The van der Waals surface area contributed by atoms with E-state index in [1.807, 2.05) is 0 Å². The number of anilines is 1. The molecule has 0 aliphatic carbocycles. The Labute approximate surface area is 121 Å². The van der Waals surface area contributed by atoms with Gasteiger partial charge in [-0.3, -0.25) is 4.72 Å². The van der Waals surface area contributed by atoms with Crippen LogP contribution in [0.5, 0.6) is 0 Å². The summed E-state index contributed by atoms with van der Waals surface area (Å²) in [6.07, 6.45) is 0. The summed E-state index contributed by atoms with van der Waals surface area (Å²) in [4.78, 5) is 7.88. The summed E-state index contributed by atoms with van der Waals surface area (Å²) in [5.74, 6) is -2.38. The molecule has 1 aromatic carbocycles. The van der Waals surface area contributed by atoms with E-state index >= 15 is 0 Å². The lowest BCUT2D eigenvalue weighted by molar-refractivity contribution is 0.570. The Bertz CT molecular complexity index is 759. The fraction of sp³-hybridized carbons (Fsp3) is 0.231. The number of hydrogen-bond donors (Lipinski definition) is 1. The van der Waals surface area contributed by atoms with Crippen molar-refractivity contribution in [3.8, 4) is 0 Å². The molecule has 0 fully saturated rings. The molecular formula is C13H13F2N3O2S. The maximum absolute atomic E-state index is 13.5. The molecule has 0 saturated heterocycles. The molecule has 2 rings (SSSR count). The second kappa shape index (κ2) is 5.72. The minimum Gasteiger partial charge on any atom is -0.251 e. The van der Waals surface area contributed by atoms with Crippen molar-refractivity contribution in [2.45, 2.75) is 19.6 Å². The molecule has 0 amide bonds. The van der Waals surface area contributed by atoms with Gasteiger partial charge in [-0.2, -0.15) is 0 Å². The van der Waals surface area contributed by atoms with Crippen LogP contribution in [-0.2, 0) is 15.8 Å². The van der Waals surface area contributed by atoms with Gasteiger partial charge in [-0.1, -0.05) is 6.07 Å². The molecule has 0 bridgehead atoms. The first-order valence-corrected chi connectivity index (χ1v) is 7.67. The maximum atomic E-state index is 13.5. The minimum atomic E-state index is -3.89. The van der Waals surface area contributed by atoms with E-state index in [0.29, 0.717) is 17.5 Å². The summed E-state index contributed by atoms with van der Waals surface area (Å²) in [6.45, 7) is 3.40. The number of hydrogen-bond acceptors (Lipinski definition) is 4. The third-order valence-corrected chi connectivity index (χ3v) is 3.77. The van der Waals surface area contributed by atoms with E-state index in [2.05, 4.69) is 14.7 Å². The second-order valence-corrected chi connectivity index (χ2v) is 6.29. The average molecular weight is 313 g/mol. The van der Waals surface area contributed by atoms with Crippen molar-refractivity contribution in [2.24, 2.45) is 0 Å². The zero-order valence-corrected chi connectivity index (χ0v) is 12.2. The van der Waals surface area contributed by atoms with Crippen LogP contribution in [0, 0.1) is 25.5 Å². The smallest absolute Gasteiger partial charge is 0.239 e. The lowest BCUT2D eigenvalue weighted by Crippen LogP contribution is -2.18. The normalized spacial score (nSPS) is 11.4. The van der Waals surface area contributed by atoms with Crippen LogP contribution in [0.3, 0.4) is 0 Å². The molecule has 8 heteroatoms. The number of benzene rings is 1. The van der Waals surface area contributed by atoms with Gasteiger partial charge < -0.3 is 0 Å². The Balaban J connectivity index is 2.22. The van der Waals surface area contributed by atoms with Gasteiger partial charge in [-0.15, -0.1) is 0 Å². The van der Waals surface area contributed by atoms with Crippen molar-refractivity contribution in [1.29, 1.82) is 0 Å². The van der Waals surface area contributed by atoms with Crippen molar-refractivity contribution >= 4 is 16.0 Å². The number of halogens is 2. The molecule has 0 saturated carbocycles. The first-order valence-electron chi connectivity index (χ1n) is 6.02. The first kappa shape index (κ1) is 15.3. The molecule has 1 aromatic heterocycles. The van der Waals surface area contributed by atoms with Gasteiger partial charge >= 0.3 is 0 Å². The lowest BCUT2D eigenvalue weighted by Gasteiger charge is -2.08. The highest BCUT2D eigenvalue weighted by atomic mass is 32.2. The van der Waals surface area contributed by atoms with Crippen molar-refractivity contribution in [1.82, 2.24) is 9.97 Å². The largest absolute Gasteiger partial charge is 0.251 e. The molecule has 0 spiro atoms. The van der Waals surface area contributed by atoms with Gasteiger partial charge in [-0.05, 0) is 26.0 Å². The monoisotopic (exact) mass is 313 g/mol. The fourth-order valence-electron chi connectivity index (χ4n) is 1.79. The number of aromatic nitrogens is 2. The van der Waals surface area contributed by atoms with Gasteiger partial charge in [0.1, 0.15) is 11.6 Å². The standard InChI is InChI=1S/C13H13F2N3O2S/c1-8-5-9(2)17-13(16-8)18-21(19,20)7-10-3-4-11(14)6-12(10)15/h3-6H,7H2,1-2H3,(H,16,17,18). The van der Waals surface area contributed by atoms with E-state index in [0.717, 1.165) is 12.1 Å². The zero-order chi connectivity index (χ0) is 15.6. The van der Waals surface area contributed by atoms with Crippen LogP contribution in [-0.4, -0.2) is 18.4 Å². The highest BCUT2D eigenvalue weighted by molar-refractivity contribution is 7.91. The van der Waals surface area contributed by atoms with E-state index in [1.165, 1.54) is 0 Å². The van der Waals surface area contributed by atoms with Crippen LogP contribution in [0.4, 0.5) is 14.7 Å². The molecule has 21 heavy (non-hydrogen) atoms. The second-order valence-electron chi connectivity index (χ2n) is 4.57. The molecule has 0 unspecified atom stereocenters. The SMILES string of the molecule is Cc1cc(C)nc(NS(=O)(=O)Cc2ccc(F)cc2F)n1. The predicted octanol–water partition coefficient (Wildman–Crippen LogP) is 2.31. The third kappa shape index (κ3) is 4.19. The highest BCUT2D eigenvalue weighted by Gasteiger charge is 2.17. The lowest BCUT2D eigenvalue weighted by atomic mass is 10.2. The van der Waals surface area contributed by atoms with Crippen LogP contribution < -0.4 is 4.72 Å². The number of sulfonamides is 1. The molecule has 0 aliphatic rings. The van der Waals surface area contributed by atoms with Crippen molar-refractivity contribution in [3.05, 3.63) is 52.9 Å². The summed E-state index contributed by atoms with van der Waals surface area (Å²) in [7, 11) is -3.89. The van der Waals surface area contributed by atoms with E-state index < -0.39 is 27.4 Å². The van der Waals surface area contributed by atoms with Crippen LogP contribution in [0.2, 0.25) is 0 Å². The Morgan fingerprint density at radius 2 is 1.71 bits per heavy atom. The molecule has 5 nitrogen and oxygen atoms in total. The molecule has 1 heterocycles. The fourth-order valence-corrected chi connectivity index (χ4v) is 2.88. The molecular weight excluding hydrogens is 300 g/mol. The topological polar surface area (TPSA) is 72.0 Å². The predicted molar refractivity (Wildman–Crippen MR) is 74.1 cm³/mol. The average Bonchev–Trinajstić information content (AvgIpc) is 2.30. The van der Waals surface area contributed by atoms with Gasteiger partial charge in [-0.25, -0.2) is 27.2 Å². The van der Waals surface area contributed by atoms with Crippen LogP contribution in [0.15, 0.2) is 24.3 Å². The summed E-state index contributed by atoms with van der Waals surface area (Å²) in [5.41, 5.74) is 1.08. The Morgan fingerprint density at radius 1 is 1.10 bits per heavy atom. The molecule has 0 atom stereocenters. The number of nitrogens with zero attached hydrogens (tertiary/aromatic N) is 2. The molecule has 2 aromatic rings. The Morgan fingerprint density at radius 3 is 2.29 bits per heavy atom. The van der Waals surface area contributed by atoms with Gasteiger partial charge in [0.05, 0.1) is 5.75 Å². The Hall–Kier alpha value is -2.09. The summed E-state index contributed by atoms with van der Waals surface area (Å²) >= 11 is 0. The van der Waals surface area contributed by atoms with E-state index in [1.54, 1.807) is 19.9 Å². The Kier molecular flexibility index (Phi) is 4.17. The van der Waals surface area contributed by atoms with E-state index in [9.17, 15) is 17.2 Å². The summed E-state index contributed by atoms with van der Waals surface area (Å²) in [5, 5.41) is 0. The number of aryl methyl sites for hydroxylation is 2. The first-order chi connectivity index (χ1) is 9.75. The van der Waals surface area contributed by atoms with E-state index in [-0.39, 0.29) is 11.5 Å². The zero-order valence-electron chi connectivity index (χ0n) is 11.4. The molecule has 0 aliphatic heterocycles. The van der Waals surface area contributed by atoms with Crippen LogP contribution in [0.1, 0.15) is 17.0 Å². The molecule has 1 N–H and O–H groups in total. The minimum absolute atomic E-state index is 0.0741. The third-order valence-electron chi connectivity index (χ3n) is 2.59. The number of rotatable bonds is 4. The van der Waals surface area contributed by atoms with Crippen molar-refractivity contribution in [2.75, 3.05) is 4.72 Å². The van der Waals surface area contributed by atoms with Crippen LogP contribution >= 0.6 is 0 Å². The summed E-state index contributed by atoms with van der Waals surface area (Å²) < 4.78 is 52.4. The van der Waals surface area contributed by atoms with Gasteiger partial charge in [0.25, 0.3) is 0 Å². The molecule has 0 radical (unpaired) electrons. The van der Waals surface area contributed by atoms with Gasteiger partial charge in [0, 0.05) is 23.0 Å². The molecule has 112 valence electrons. The maximum Gasteiger partial charge on any atom is 0.239 e. The summed E-state index contributed by atoms with van der Waals surface area (Å²) in [6, 6.07) is 4.42. The van der Waals surface area contributed by atoms with Crippen molar-refractivity contribution in [3.63, 3.8) is 0 Å². The van der Waals surface area contributed by atoms with Gasteiger partial charge in [0.2, 0.25) is 16.0 Å². The highest BCUT2D eigenvalue weighted by Crippen LogP contribution is 2.14. The van der Waals surface area contributed by atoms with Gasteiger partial charge in [0.15, 0.2) is 0 Å². The van der Waals surface area contributed by atoms with E-state index in [4.69, 9.17) is 0 Å².